The predicted octanol–water partition coefficient (Wildman–Crippen LogP) is 3.96. The van der Waals surface area contributed by atoms with Gasteiger partial charge >= 0.3 is 0 Å². The molecule has 2 N–H and O–H groups in total. The molecular weight excluding hydrogens is 392 g/mol. The maximum absolute atomic E-state index is 13.4. The number of rotatable bonds is 4. The second-order valence-corrected chi connectivity index (χ2v) is 8.05. The van der Waals surface area contributed by atoms with E-state index in [1.54, 1.807) is 16.8 Å². The third kappa shape index (κ3) is 3.36. The van der Waals surface area contributed by atoms with Crippen molar-refractivity contribution in [1.29, 1.82) is 0 Å². The molecule has 1 aliphatic heterocycles. The highest BCUT2D eigenvalue weighted by atomic mass is 16.5. The fourth-order valence-electron chi connectivity index (χ4n) is 4.52. The Labute approximate surface area is 180 Å². The minimum absolute atomic E-state index is 0.0146. The quantitative estimate of drug-likeness (QED) is 0.669. The molecule has 2 heterocycles. The number of phenolic OH excluding ortho intramolecular Hbond substituents is 1. The van der Waals surface area contributed by atoms with E-state index < -0.39 is 5.92 Å². The number of ketones is 1. The summed E-state index contributed by atoms with van der Waals surface area (Å²) in [6.45, 7) is 4.35. The SMILES string of the molecule is CCOc1cc([C@@H]2[C@H]3C(=O)C[C@H](c4ccc(C)cc4)C=C3Nc3ncnn32)ccc1O. The topological polar surface area (TPSA) is 89.3 Å². The molecule has 0 amide bonds. The number of fused-ring (bicyclic) bond motifs is 2. The summed E-state index contributed by atoms with van der Waals surface area (Å²) in [6.07, 6.45) is 4.06. The Morgan fingerprint density at radius 2 is 1.97 bits per heavy atom. The zero-order valence-corrected chi connectivity index (χ0v) is 17.4. The Bertz CT molecular complexity index is 1170. The second-order valence-electron chi connectivity index (χ2n) is 8.05. The Morgan fingerprint density at radius 1 is 1.19 bits per heavy atom. The van der Waals surface area contributed by atoms with Crippen molar-refractivity contribution in [3.05, 3.63) is 77.3 Å². The lowest BCUT2D eigenvalue weighted by Gasteiger charge is -2.38. The van der Waals surface area contributed by atoms with Crippen LogP contribution in [0.1, 0.15) is 42.0 Å². The molecule has 0 unspecified atom stereocenters. The highest BCUT2D eigenvalue weighted by Gasteiger charge is 2.43. The third-order valence-corrected chi connectivity index (χ3v) is 6.02. The smallest absolute Gasteiger partial charge is 0.226 e. The van der Waals surface area contributed by atoms with Gasteiger partial charge in [-0.3, -0.25) is 4.79 Å². The van der Waals surface area contributed by atoms with E-state index in [0.29, 0.717) is 24.7 Å². The summed E-state index contributed by atoms with van der Waals surface area (Å²) < 4.78 is 7.32. The van der Waals surface area contributed by atoms with Crippen molar-refractivity contribution in [3.63, 3.8) is 0 Å². The molecule has 5 rings (SSSR count). The van der Waals surface area contributed by atoms with E-state index in [-0.39, 0.29) is 23.5 Å². The first-order valence-electron chi connectivity index (χ1n) is 10.5. The fraction of sp³-hybridized carbons (Fsp3) is 0.292. The molecule has 0 bridgehead atoms. The van der Waals surface area contributed by atoms with Crippen LogP contribution in [0.25, 0.3) is 0 Å². The monoisotopic (exact) mass is 416 g/mol. The minimum atomic E-state index is -0.407. The minimum Gasteiger partial charge on any atom is -0.504 e. The van der Waals surface area contributed by atoms with E-state index in [1.807, 2.05) is 13.0 Å². The molecule has 2 aliphatic rings. The summed E-state index contributed by atoms with van der Waals surface area (Å²) in [6, 6.07) is 13.2. The van der Waals surface area contributed by atoms with Crippen molar-refractivity contribution < 1.29 is 14.6 Å². The Balaban J connectivity index is 1.59. The third-order valence-electron chi connectivity index (χ3n) is 6.02. The van der Waals surface area contributed by atoms with Crippen molar-refractivity contribution >= 4 is 11.7 Å². The number of ether oxygens (including phenoxy) is 1. The molecule has 158 valence electrons. The molecule has 0 radical (unpaired) electrons. The number of carbonyl (C=O) groups is 1. The van der Waals surface area contributed by atoms with Gasteiger partial charge in [0.15, 0.2) is 11.5 Å². The number of allylic oxidation sites excluding steroid dienone is 2. The maximum atomic E-state index is 13.4. The number of carbonyl (C=O) groups excluding carboxylic acids is 1. The van der Waals surface area contributed by atoms with E-state index in [0.717, 1.165) is 16.8 Å². The van der Waals surface area contributed by atoms with Crippen LogP contribution in [-0.4, -0.2) is 32.3 Å². The number of aryl methyl sites for hydroxylation is 1. The number of hydrogen-bond acceptors (Lipinski definition) is 6. The summed E-state index contributed by atoms with van der Waals surface area (Å²) in [7, 11) is 0. The van der Waals surface area contributed by atoms with Crippen LogP contribution < -0.4 is 10.1 Å². The molecule has 0 saturated carbocycles. The first-order valence-corrected chi connectivity index (χ1v) is 10.5. The molecule has 3 aromatic rings. The van der Waals surface area contributed by atoms with Crippen LogP contribution in [0.5, 0.6) is 11.5 Å². The summed E-state index contributed by atoms with van der Waals surface area (Å²) in [4.78, 5) is 17.8. The number of phenols is 1. The van der Waals surface area contributed by atoms with Crippen LogP contribution in [0.4, 0.5) is 5.95 Å². The first kappa shape index (κ1) is 19.4. The van der Waals surface area contributed by atoms with Crippen LogP contribution >= 0.6 is 0 Å². The highest BCUT2D eigenvalue weighted by Crippen LogP contribution is 2.45. The molecule has 31 heavy (non-hydrogen) atoms. The Morgan fingerprint density at radius 3 is 2.74 bits per heavy atom. The average molecular weight is 416 g/mol. The van der Waals surface area contributed by atoms with Gasteiger partial charge in [-0.15, -0.1) is 0 Å². The lowest BCUT2D eigenvalue weighted by atomic mass is 9.75. The Hall–Kier alpha value is -3.61. The molecule has 1 aromatic heterocycles. The van der Waals surface area contributed by atoms with Gasteiger partial charge in [-0.1, -0.05) is 42.0 Å². The number of benzene rings is 2. The molecule has 0 saturated heterocycles. The summed E-state index contributed by atoms with van der Waals surface area (Å²) in [5.74, 6) is 0.814. The average Bonchev–Trinajstić information content (AvgIpc) is 3.22. The Kier molecular flexibility index (Phi) is 4.73. The van der Waals surface area contributed by atoms with Crippen LogP contribution in [0.3, 0.4) is 0 Å². The number of anilines is 1. The first-order chi connectivity index (χ1) is 15.0. The van der Waals surface area contributed by atoms with Gasteiger partial charge in [-0.25, -0.2) is 4.68 Å². The molecule has 3 atom stereocenters. The zero-order chi connectivity index (χ0) is 21.5. The summed E-state index contributed by atoms with van der Waals surface area (Å²) >= 11 is 0. The van der Waals surface area contributed by atoms with Crippen molar-refractivity contribution in [2.45, 2.75) is 32.2 Å². The molecule has 7 nitrogen and oxygen atoms in total. The molecule has 2 aromatic carbocycles. The molecule has 7 heteroatoms. The number of nitrogens with one attached hydrogen (secondary N) is 1. The molecule has 0 spiro atoms. The predicted molar refractivity (Wildman–Crippen MR) is 116 cm³/mol. The highest BCUT2D eigenvalue weighted by molar-refractivity contribution is 5.88. The molecular formula is C24H24N4O3. The van der Waals surface area contributed by atoms with Crippen molar-refractivity contribution in [1.82, 2.24) is 14.8 Å². The van der Waals surface area contributed by atoms with Crippen molar-refractivity contribution in [2.24, 2.45) is 5.92 Å². The van der Waals surface area contributed by atoms with Crippen molar-refractivity contribution in [3.8, 4) is 11.5 Å². The summed E-state index contributed by atoms with van der Waals surface area (Å²) in [5, 5.41) is 17.8. The van der Waals surface area contributed by atoms with Gasteiger partial charge in [0, 0.05) is 18.0 Å². The van der Waals surface area contributed by atoms with Gasteiger partial charge < -0.3 is 15.2 Å². The van der Waals surface area contributed by atoms with Gasteiger partial charge in [0.1, 0.15) is 12.1 Å². The molecule has 1 aliphatic carbocycles. The van der Waals surface area contributed by atoms with E-state index >= 15 is 0 Å². The van der Waals surface area contributed by atoms with E-state index in [4.69, 9.17) is 4.74 Å². The normalized spacial score (nSPS) is 22.2. The lowest BCUT2D eigenvalue weighted by molar-refractivity contribution is -0.123. The maximum Gasteiger partial charge on any atom is 0.226 e. The lowest BCUT2D eigenvalue weighted by Crippen LogP contribution is -2.40. The van der Waals surface area contributed by atoms with E-state index in [2.05, 4.69) is 52.7 Å². The fourth-order valence-corrected chi connectivity index (χ4v) is 4.52. The number of nitrogens with zero attached hydrogens (tertiary/aromatic N) is 3. The van der Waals surface area contributed by atoms with Crippen LogP contribution in [0, 0.1) is 12.8 Å². The largest absolute Gasteiger partial charge is 0.504 e. The van der Waals surface area contributed by atoms with Gasteiger partial charge in [-0.2, -0.15) is 10.1 Å². The van der Waals surface area contributed by atoms with Gasteiger partial charge in [0.2, 0.25) is 5.95 Å². The van der Waals surface area contributed by atoms with E-state index in [9.17, 15) is 9.90 Å². The van der Waals surface area contributed by atoms with Crippen molar-refractivity contribution in [2.75, 3.05) is 11.9 Å². The van der Waals surface area contributed by atoms with Gasteiger partial charge in [0.05, 0.1) is 18.6 Å². The van der Waals surface area contributed by atoms with Crippen LogP contribution in [-0.2, 0) is 4.79 Å². The van der Waals surface area contributed by atoms with Crippen LogP contribution in [0.15, 0.2) is 60.6 Å². The second kappa shape index (κ2) is 7.58. The van der Waals surface area contributed by atoms with E-state index in [1.165, 1.54) is 11.9 Å². The van der Waals surface area contributed by atoms with Crippen LogP contribution in [0.2, 0.25) is 0 Å². The number of aromatic nitrogens is 3. The number of hydrogen-bond donors (Lipinski definition) is 2. The number of aromatic hydroxyl groups is 1. The summed E-state index contributed by atoms with van der Waals surface area (Å²) in [5.41, 5.74) is 4.00. The van der Waals surface area contributed by atoms with Gasteiger partial charge in [0.25, 0.3) is 0 Å². The standard InChI is InChI=1S/C24H24N4O3/c1-3-31-21-12-16(8-9-19(21)29)23-22-18(27-24-25-13-26-28(23)24)10-17(11-20(22)30)15-6-4-14(2)5-7-15/h4-10,12-13,17,22-23,29H,3,11H2,1-2H3,(H,25,26,27)/t17-,22-,23-/m1/s1. The number of Topliss-reactive ketones (excluding diaryl/α,β-unsaturated/α-hetero) is 1. The zero-order valence-electron chi connectivity index (χ0n) is 17.4. The molecule has 0 fully saturated rings. The van der Waals surface area contributed by atoms with Gasteiger partial charge in [-0.05, 0) is 37.1 Å².